The molecule has 0 aromatic heterocycles. The molecule has 1 aromatic carbocycles. The molecule has 1 aromatic rings. The normalized spacial score (nSPS) is 18.9. The van der Waals surface area contributed by atoms with E-state index in [1.807, 2.05) is 24.3 Å². The molecule has 1 heterocycles. The first-order chi connectivity index (χ1) is 9.58. The average molecular weight is 275 g/mol. The number of nitrogens with zero attached hydrogens (tertiary/aromatic N) is 2. The van der Waals surface area contributed by atoms with Crippen molar-refractivity contribution in [2.75, 3.05) is 29.4 Å². The Morgan fingerprint density at radius 1 is 1.20 bits per heavy atom. The van der Waals surface area contributed by atoms with E-state index in [4.69, 9.17) is 0 Å². The van der Waals surface area contributed by atoms with Gasteiger partial charge in [-0.1, -0.05) is 0 Å². The molecule has 0 saturated carbocycles. The monoisotopic (exact) mass is 275 g/mol. The molecule has 0 spiro atoms. The first-order valence-corrected chi connectivity index (χ1v) is 7.03. The minimum atomic E-state index is -0.462. The van der Waals surface area contributed by atoms with Crippen LogP contribution in [0.3, 0.4) is 0 Å². The first kappa shape index (κ1) is 14.4. The third-order valence-electron chi connectivity index (χ3n) is 3.71. The highest BCUT2D eigenvalue weighted by molar-refractivity contribution is 6.06. The Kier molecular flexibility index (Phi) is 4.27. The van der Waals surface area contributed by atoms with E-state index in [9.17, 15) is 9.59 Å². The third-order valence-corrected chi connectivity index (χ3v) is 3.71. The van der Waals surface area contributed by atoms with Crippen molar-refractivity contribution < 1.29 is 9.59 Å². The van der Waals surface area contributed by atoms with Gasteiger partial charge in [-0.25, -0.2) is 0 Å². The quantitative estimate of drug-likeness (QED) is 0.903. The Labute approximate surface area is 119 Å². The van der Waals surface area contributed by atoms with Crippen molar-refractivity contribution in [1.29, 1.82) is 0 Å². The maximum Gasteiger partial charge on any atom is 0.247 e. The summed E-state index contributed by atoms with van der Waals surface area (Å²) in [7, 11) is 0. The molecule has 2 rings (SSSR count). The Balaban J connectivity index is 2.24. The molecule has 0 radical (unpaired) electrons. The van der Waals surface area contributed by atoms with E-state index in [0.717, 1.165) is 24.5 Å². The number of hydrogen-bond donors (Lipinski definition) is 1. The zero-order valence-corrected chi connectivity index (χ0v) is 12.2. The Morgan fingerprint density at radius 2 is 1.80 bits per heavy atom. The number of carbonyl (C=O) groups excluding carboxylic acids is 2. The molecule has 5 heteroatoms. The lowest BCUT2D eigenvalue weighted by molar-refractivity contribution is -0.130. The van der Waals surface area contributed by atoms with Crippen LogP contribution in [0.25, 0.3) is 0 Å². The fourth-order valence-corrected chi connectivity index (χ4v) is 2.51. The molecule has 2 amide bonds. The number of piperazine rings is 1. The smallest absolute Gasteiger partial charge is 0.247 e. The highest BCUT2D eigenvalue weighted by atomic mass is 16.2. The summed E-state index contributed by atoms with van der Waals surface area (Å²) in [4.78, 5) is 27.5. The molecule has 5 nitrogen and oxygen atoms in total. The fourth-order valence-electron chi connectivity index (χ4n) is 2.51. The first-order valence-electron chi connectivity index (χ1n) is 7.03. The summed E-state index contributed by atoms with van der Waals surface area (Å²) in [5.74, 6) is -0.190. The topological polar surface area (TPSA) is 52.6 Å². The third kappa shape index (κ3) is 2.61. The van der Waals surface area contributed by atoms with Gasteiger partial charge in [0.1, 0.15) is 6.04 Å². The van der Waals surface area contributed by atoms with Gasteiger partial charge in [-0.3, -0.25) is 14.5 Å². The zero-order valence-electron chi connectivity index (χ0n) is 12.2. The van der Waals surface area contributed by atoms with Crippen LogP contribution in [0.4, 0.5) is 11.4 Å². The van der Waals surface area contributed by atoms with Gasteiger partial charge in [0.25, 0.3) is 0 Å². The molecular formula is C15H21N3O2. The molecule has 1 aliphatic rings. The molecule has 0 bridgehead atoms. The van der Waals surface area contributed by atoms with Crippen LogP contribution in [0.1, 0.15) is 20.8 Å². The molecule has 1 unspecified atom stereocenters. The molecule has 1 fully saturated rings. The van der Waals surface area contributed by atoms with Crippen LogP contribution in [0.2, 0.25) is 0 Å². The van der Waals surface area contributed by atoms with Gasteiger partial charge < -0.3 is 10.2 Å². The van der Waals surface area contributed by atoms with Crippen LogP contribution in [-0.4, -0.2) is 37.5 Å². The molecule has 108 valence electrons. The zero-order chi connectivity index (χ0) is 14.7. The van der Waals surface area contributed by atoms with Crippen molar-refractivity contribution in [3.63, 3.8) is 0 Å². The molecule has 1 aliphatic heterocycles. The second-order valence-corrected chi connectivity index (χ2v) is 4.85. The summed E-state index contributed by atoms with van der Waals surface area (Å²) in [6.45, 7) is 7.91. The van der Waals surface area contributed by atoms with E-state index in [-0.39, 0.29) is 18.4 Å². The van der Waals surface area contributed by atoms with Crippen LogP contribution >= 0.6 is 0 Å². The lowest BCUT2D eigenvalue weighted by atomic mass is 10.1. The Hall–Kier alpha value is -2.04. The van der Waals surface area contributed by atoms with Crippen LogP contribution in [0.15, 0.2) is 24.3 Å². The molecule has 1 N–H and O–H groups in total. The van der Waals surface area contributed by atoms with Gasteiger partial charge in [-0.2, -0.15) is 0 Å². The lowest BCUT2D eigenvalue weighted by Gasteiger charge is -2.33. The molecule has 20 heavy (non-hydrogen) atoms. The number of hydrogen-bond acceptors (Lipinski definition) is 3. The number of anilines is 2. The lowest BCUT2D eigenvalue weighted by Crippen LogP contribution is -2.57. The summed E-state index contributed by atoms with van der Waals surface area (Å²) in [5.41, 5.74) is 1.90. The predicted molar refractivity (Wildman–Crippen MR) is 80.0 cm³/mol. The van der Waals surface area contributed by atoms with Crippen LogP contribution in [0.5, 0.6) is 0 Å². The summed E-state index contributed by atoms with van der Waals surface area (Å²) in [6.07, 6.45) is 0. The van der Waals surface area contributed by atoms with Gasteiger partial charge >= 0.3 is 0 Å². The van der Waals surface area contributed by atoms with Gasteiger partial charge in [0, 0.05) is 24.5 Å². The van der Waals surface area contributed by atoms with Crippen molar-refractivity contribution in [1.82, 2.24) is 5.32 Å². The number of nitrogens with one attached hydrogen (secondary N) is 1. The van der Waals surface area contributed by atoms with Gasteiger partial charge in [-0.05, 0) is 45.0 Å². The maximum absolute atomic E-state index is 12.0. The fraction of sp³-hybridized carbons (Fsp3) is 0.467. The van der Waals surface area contributed by atoms with Gasteiger partial charge in [0.05, 0.1) is 6.54 Å². The van der Waals surface area contributed by atoms with Crippen LogP contribution in [-0.2, 0) is 9.59 Å². The molecule has 0 aliphatic carbocycles. The summed E-state index contributed by atoms with van der Waals surface area (Å²) in [5, 5.41) is 2.59. The number of amides is 2. The molecule has 1 atom stereocenters. The Bertz CT molecular complexity index is 494. The Morgan fingerprint density at radius 3 is 2.35 bits per heavy atom. The van der Waals surface area contributed by atoms with Crippen LogP contribution in [0, 0.1) is 0 Å². The van der Waals surface area contributed by atoms with Crippen molar-refractivity contribution >= 4 is 23.2 Å². The van der Waals surface area contributed by atoms with Gasteiger partial charge in [0.2, 0.25) is 11.8 Å². The van der Waals surface area contributed by atoms with E-state index in [1.165, 1.54) is 0 Å². The van der Waals surface area contributed by atoms with E-state index in [0.29, 0.717) is 0 Å². The highest BCUT2D eigenvalue weighted by Crippen LogP contribution is 2.23. The standard InChI is InChI=1S/C15H21N3O2/c1-4-17(5-2)12-6-8-13(9-7-12)18-11(3)15(20)16-10-14(18)19/h6-9,11H,4-5,10H2,1-3H3,(H,16,20). The summed E-state index contributed by atoms with van der Waals surface area (Å²) < 4.78 is 0. The van der Waals surface area contributed by atoms with E-state index in [2.05, 4.69) is 24.1 Å². The van der Waals surface area contributed by atoms with Gasteiger partial charge in [0.15, 0.2) is 0 Å². The predicted octanol–water partition coefficient (Wildman–Crippen LogP) is 1.38. The second-order valence-electron chi connectivity index (χ2n) is 4.85. The summed E-state index contributed by atoms with van der Waals surface area (Å²) >= 11 is 0. The van der Waals surface area contributed by atoms with E-state index < -0.39 is 6.04 Å². The highest BCUT2D eigenvalue weighted by Gasteiger charge is 2.31. The van der Waals surface area contributed by atoms with E-state index >= 15 is 0 Å². The van der Waals surface area contributed by atoms with Crippen molar-refractivity contribution in [2.24, 2.45) is 0 Å². The number of rotatable bonds is 4. The number of carbonyl (C=O) groups is 2. The van der Waals surface area contributed by atoms with Crippen LogP contribution < -0.4 is 15.1 Å². The van der Waals surface area contributed by atoms with E-state index in [1.54, 1.807) is 11.8 Å². The largest absolute Gasteiger partial charge is 0.372 e. The SMILES string of the molecule is CCN(CC)c1ccc(N2C(=O)CNC(=O)C2C)cc1. The van der Waals surface area contributed by atoms with Crippen molar-refractivity contribution in [2.45, 2.75) is 26.8 Å². The maximum atomic E-state index is 12.0. The van der Waals surface area contributed by atoms with Crippen molar-refractivity contribution in [3.8, 4) is 0 Å². The number of benzene rings is 1. The minimum Gasteiger partial charge on any atom is -0.372 e. The molecule has 1 saturated heterocycles. The van der Waals surface area contributed by atoms with Crippen molar-refractivity contribution in [3.05, 3.63) is 24.3 Å². The summed E-state index contributed by atoms with van der Waals surface area (Å²) in [6, 6.07) is 7.33. The minimum absolute atomic E-state index is 0.0704. The second kappa shape index (κ2) is 5.94. The average Bonchev–Trinajstić information content (AvgIpc) is 2.46. The molecular weight excluding hydrogens is 254 g/mol. The van der Waals surface area contributed by atoms with Gasteiger partial charge in [-0.15, -0.1) is 0 Å².